The second-order valence-electron chi connectivity index (χ2n) is 6.90. The molecule has 0 radical (unpaired) electrons. The van der Waals surface area contributed by atoms with Gasteiger partial charge in [-0.25, -0.2) is 28.8 Å². The first-order valence-electron chi connectivity index (χ1n) is 9.43. The van der Waals surface area contributed by atoms with E-state index in [2.05, 4.69) is 9.47 Å². The lowest BCUT2D eigenvalue weighted by Crippen LogP contribution is -2.13. The van der Waals surface area contributed by atoms with Gasteiger partial charge in [0.25, 0.3) is 0 Å². The van der Waals surface area contributed by atoms with Crippen LogP contribution in [-0.2, 0) is 18.9 Å². The molecule has 2 aromatic rings. The summed E-state index contributed by atoms with van der Waals surface area (Å²) in [5.74, 6) is -4.59. The Bertz CT molecular complexity index is 1220. The minimum Gasteiger partial charge on any atom is -0.462 e. The first kappa shape index (κ1) is 20.9. The van der Waals surface area contributed by atoms with Gasteiger partial charge in [-0.05, 0) is 42.8 Å². The van der Waals surface area contributed by atoms with Crippen molar-refractivity contribution in [3.63, 3.8) is 0 Å². The molecule has 2 aromatic carbocycles. The Morgan fingerprint density at radius 1 is 0.750 bits per heavy atom. The summed E-state index contributed by atoms with van der Waals surface area (Å²) in [6.45, 7) is 1.37. The van der Waals surface area contributed by atoms with Crippen LogP contribution in [0.2, 0.25) is 0 Å². The summed E-state index contributed by atoms with van der Waals surface area (Å²) in [7, 11) is 0. The summed E-state index contributed by atoms with van der Waals surface area (Å²) >= 11 is 0. The molecular weight excluding hydrogens is 424 g/mol. The smallest absolute Gasteiger partial charge is 0.347 e. The number of esters is 6. The van der Waals surface area contributed by atoms with Gasteiger partial charge in [0.2, 0.25) is 0 Å². The molecule has 2 aliphatic heterocycles. The largest absolute Gasteiger partial charge is 0.462 e. The van der Waals surface area contributed by atoms with Crippen molar-refractivity contribution >= 4 is 35.8 Å². The molecular formula is C22H14O10. The van der Waals surface area contributed by atoms with E-state index >= 15 is 0 Å². The Morgan fingerprint density at radius 3 is 2.09 bits per heavy atom. The lowest BCUT2D eigenvalue weighted by atomic mass is 9.98. The molecule has 0 atom stereocenters. The summed E-state index contributed by atoms with van der Waals surface area (Å²) < 4.78 is 19.2. The third-order valence-corrected chi connectivity index (χ3v) is 4.93. The Balaban J connectivity index is 1.28. The quantitative estimate of drug-likeness (QED) is 0.285. The standard InChI is InChI=1S/C22H14O10/c1-10-12(5-6-14-16(10)22(28)32-20(14)26)18(24)30-8-2-7-29-17(23)11-3-4-13-15(9-11)21(27)31-19(13)25/h3-6,9H,2,7-8H2,1H3. The van der Waals surface area contributed by atoms with Gasteiger partial charge in [0.15, 0.2) is 0 Å². The van der Waals surface area contributed by atoms with Crippen LogP contribution in [0.1, 0.15) is 74.1 Å². The molecule has 162 valence electrons. The van der Waals surface area contributed by atoms with Gasteiger partial charge in [-0.3, -0.25) is 0 Å². The van der Waals surface area contributed by atoms with Gasteiger partial charge in [-0.15, -0.1) is 0 Å². The summed E-state index contributed by atoms with van der Waals surface area (Å²) in [4.78, 5) is 70.7. The average molecular weight is 438 g/mol. The van der Waals surface area contributed by atoms with Gasteiger partial charge in [-0.1, -0.05) is 0 Å². The van der Waals surface area contributed by atoms with Gasteiger partial charge < -0.3 is 18.9 Å². The first-order valence-corrected chi connectivity index (χ1v) is 9.43. The fraction of sp³-hybridized carbons (Fsp3) is 0.182. The molecule has 0 saturated carbocycles. The minimum atomic E-state index is -0.828. The molecule has 0 saturated heterocycles. The van der Waals surface area contributed by atoms with Crippen molar-refractivity contribution in [3.05, 3.63) is 69.3 Å². The van der Waals surface area contributed by atoms with Crippen LogP contribution in [0.3, 0.4) is 0 Å². The van der Waals surface area contributed by atoms with Gasteiger partial charge >= 0.3 is 35.8 Å². The van der Waals surface area contributed by atoms with Crippen LogP contribution < -0.4 is 0 Å². The maximum atomic E-state index is 12.3. The summed E-state index contributed by atoms with van der Waals surface area (Å²) in [5, 5.41) is 0. The van der Waals surface area contributed by atoms with Crippen molar-refractivity contribution in [3.8, 4) is 0 Å². The number of rotatable bonds is 6. The molecule has 0 aromatic heterocycles. The van der Waals surface area contributed by atoms with E-state index in [1.54, 1.807) is 0 Å². The number of cyclic esters (lactones) is 4. The summed E-state index contributed by atoms with van der Waals surface area (Å²) in [6, 6.07) is 6.57. The van der Waals surface area contributed by atoms with Crippen molar-refractivity contribution < 1.29 is 47.7 Å². The fourth-order valence-corrected chi connectivity index (χ4v) is 3.32. The third kappa shape index (κ3) is 3.62. The lowest BCUT2D eigenvalue weighted by Gasteiger charge is -2.09. The molecule has 0 spiro atoms. The van der Waals surface area contributed by atoms with Gasteiger partial charge in [0.1, 0.15) is 0 Å². The molecule has 0 fully saturated rings. The Hall–Kier alpha value is -4.34. The van der Waals surface area contributed by atoms with Crippen LogP contribution >= 0.6 is 0 Å². The average Bonchev–Trinajstić information content (AvgIpc) is 3.22. The molecule has 0 aliphatic carbocycles. The fourth-order valence-electron chi connectivity index (χ4n) is 3.32. The van der Waals surface area contributed by atoms with E-state index in [4.69, 9.17) is 9.47 Å². The molecule has 0 bridgehead atoms. The van der Waals surface area contributed by atoms with Crippen LogP contribution in [-0.4, -0.2) is 49.0 Å². The van der Waals surface area contributed by atoms with Crippen LogP contribution in [0.4, 0.5) is 0 Å². The number of carbonyl (C=O) groups excluding carboxylic acids is 6. The zero-order valence-corrected chi connectivity index (χ0v) is 16.6. The lowest BCUT2D eigenvalue weighted by molar-refractivity contribution is 0.0389. The number of hydrogen-bond acceptors (Lipinski definition) is 10. The minimum absolute atomic E-state index is 0.00585. The molecule has 0 N–H and O–H groups in total. The summed E-state index contributed by atoms with van der Waals surface area (Å²) in [5.41, 5.74) is 0.683. The van der Waals surface area contributed by atoms with Crippen LogP contribution in [0.5, 0.6) is 0 Å². The molecule has 10 heteroatoms. The normalized spacial score (nSPS) is 13.9. The zero-order chi connectivity index (χ0) is 23.0. The molecule has 32 heavy (non-hydrogen) atoms. The molecule has 0 unspecified atom stereocenters. The molecule has 2 aliphatic rings. The predicted molar refractivity (Wildman–Crippen MR) is 102 cm³/mol. The van der Waals surface area contributed by atoms with E-state index in [1.165, 1.54) is 37.3 Å². The van der Waals surface area contributed by atoms with Crippen molar-refractivity contribution in [2.75, 3.05) is 13.2 Å². The van der Waals surface area contributed by atoms with E-state index < -0.39 is 35.8 Å². The molecule has 4 rings (SSSR count). The highest BCUT2D eigenvalue weighted by Gasteiger charge is 2.33. The molecule has 10 nitrogen and oxygen atoms in total. The Morgan fingerprint density at radius 2 is 1.34 bits per heavy atom. The van der Waals surface area contributed by atoms with E-state index in [9.17, 15) is 28.8 Å². The van der Waals surface area contributed by atoms with Gasteiger partial charge in [0.05, 0.1) is 46.6 Å². The van der Waals surface area contributed by atoms with Crippen molar-refractivity contribution in [2.24, 2.45) is 0 Å². The van der Waals surface area contributed by atoms with E-state index in [-0.39, 0.29) is 58.6 Å². The molecule has 2 heterocycles. The number of fused-ring (bicyclic) bond motifs is 2. The number of carbonyl (C=O) groups is 6. The first-order chi connectivity index (χ1) is 15.3. The van der Waals surface area contributed by atoms with Gasteiger partial charge in [-0.2, -0.15) is 0 Å². The summed E-state index contributed by atoms with van der Waals surface area (Å²) in [6.07, 6.45) is 0.188. The van der Waals surface area contributed by atoms with Gasteiger partial charge in [0, 0.05) is 6.42 Å². The highest BCUT2D eigenvalue weighted by atomic mass is 16.6. The maximum absolute atomic E-state index is 12.3. The SMILES string of the molecule is Cc1c(C(=O)OCCCOC(=O)c2ccc3c(c2)C(=O)OC3=O)ccc2c1C(=O)OC2=O. The zero-order valence-electron chi connectivity index (χ0n) is 16.6. The number of hydrogen-bond donors (Lipinski definition) is 0. The van der Waals surface area contributed by atoms with Crippen LogP contribution in [0.15, 0.2) is 30.3 Å². The van der Waals surface area contributed by atoms with Crippen LogP contribution in [0.25, 0.3) is 0 Å². The van der Waals surface area contributed by atoms with E-state index in [0.717, 1.165) is 0 Å². The second-order valence-corrected chi connectivity index (χ2v) is 6.90. The highest BCUT2D eigenvalue weighted by molar-refractivity contribution is 6.17. The third-order valence-electron chi connectivity index (χ3n) is 4.93. The van der Waals surface area contributed by atoms with Crippen molar-refractivity contribution in [1.82, 2.24) is 0 Å². The second kappa shape index (κ2) is 8.06. The van der Waals surface area contributed by atoms with Crippen LogP contribution in [0, 0.1) is 6.92 Å². The maximum Gasteiger partial charge on any atom is 0.347 e. The Kier molecular flexibility index (Phi) is 5.27. The Labute approximate surface area is 180 Å². The van der Waals surface area contributed by atoms with Crippen molar-refractivity contribution in [1.29, 1.82) is 0 Å². The molecule has 0 amide bonds. The predicted octanol–water partition coefficient (Wildman–Crippen LogP) is 2.02. The number of ether oxygens (including phenoxy) is 4. The van der Waals surface area contributed by atoms with Crippen molar-refractivity contribution in [2.45, 2.75) is 13.3 Å². The highest BCUT2D eigenvalue weighted by Crippen LogP contribution is 2.26. The van der Waals surface area contributed by atoms with E-state index in [1.807, 2.05) is 0 Å². The monoisotopic (exact) mass is 438 g/mol. The number of benzene rings is 2. The topological polar surface area (TPSA) is 139 Å². The van der Waals surface area contributed by atoms with E-state index in [0.29, 0.717) is 0 Å².